The van der Waals surface area contributed by atoms with E-state index in [0.29, 0.717) is 12.3 Å². The van der Waals surface area contributed by atoms with Crippen LogP contribution in [0.15, 0.2) is 11.6 Å². The van der Waals surface area contributed by atoms with Gasteiger partial charge in [-0.25, -0.2) is 4.98 Å². The number of thiazole rings is 1. The molecule has 0 N–H and O–H groups in total. The zero-order valence-corrected chi connectivity index (χ0v) is 13.3. The maximum atomic E-state index is 11.2. The van der Waals surface area contributed by atoms with Crippen LogP contribution in [-0.2, 0) is 16.0 Å². The third-order valence-electron chi connectivity index (χ3n) is 4.37. The van der Waals surface area contributed by atoms with E-state index < -0.39 is 0 Å². The number of aromatic nitrogens is 2. The van der Waals surface area contributed by atoms with Gasteiger partial charge in [0.2, 0.25) is 0 Å². The van der Waals surface area contributed by atoms with Crippen LogP contribution in [0.5, 0.6) is 0 Å². The number of aryl methyl sites for hydroxylation is 1. The van der Waals surface area contributed by atoms with Gasteiger partial charge in [0.25, 0.3) is 0 Å². The number of nitrogens with zero attached hydrogens (tertiary/aromatic N) is 2. The Bertz CT molecular complexity index is 611. The lowest BCUT2D eigenvalue weighted by Crippen LogP contribution is -2.04. The quantitative estimate of drug-likeness (QED) is 0.786. The molecule has 1 aliphatic rings. The van der Waals surface area contributed by atoms with Gasteiger partial charge in [-0.15, -0.1) is 11.3 Å². The monoisotopic (exact) mass is 306 g/mol. The van der Waals surface area contributed by atoms with E-state index >= 15 is 0 Å². The molecule has 4 nitrogen and oxygen atoms in total. The van der Waals surface area contributed by atoms with Crippen molar-refractivity contribution in [1.82, 2.24) is 9.38 Å². The summed E-state index contributed by atoms with van der Waals surface area (Å²) in [6.45, 7) is 0. The van der Waals surface area contributed by atoms with Gasteiger partial charge in [-0.3, -0.25) is 9.20 Å². The summed E-state index contributed by atoms with van der Waals surface area (Å²) >= 11 is 1.70. The molecule has 3 rings (SSSR count). The van der Waals surface area contributed by atoms with E-state index in [9.17, 15) is 4.79 Å². The molecule has 0 unspecified atom stereocenters. The molecule has 1 aliphatic carbocycles. The van der Waals surface area contributed by atoms with Gasteiger partial charge in [0.05, 0.1) is 12.8 Å². The van der Waals surface area contributed by atoms with E-state index in [0.717, 1.165) is 17.8 Å². The molecule has 1 fully saturated rings. The summed E-state index contributed by atoms with van der Waals surface area (Å²) in [6, 6.07) is 0. The Kier molecular flexibility index (Phi) is 4.58. The fraction of sp³-hybridized carbons (Fsp3) is 0.625. The average molecular weight is 306 g/mol. The van der Waals surface area contributed by atoms with Crippen LogP contribution in [0.3, 0.4) is 0 Å². The predicted octanol–water partition coefficient (Wildman–Crippen LogP) is 3.94. The number of fused-ring (bicyclic) bond motifs is 1. The number of hydrogen-bond donors (Lipinski definition) is 0. The number of esters is 1. The normalized spacial score (nSPS) is 16.4. The number of carbonyl (C=O) groups excluding carboxylic acids is 1. The van der Waals surface area contributed by atoms with Crippen LogP contribution in [0.2, 0.25) is 0 Å². The molecule has 5 heteroatoms. The van der Waals surface area contributed by atoms with Crippen LogP contribution in [-0.4, -0.2) is 22.5 Å². The van der Waals surface area contributed by atoms with E-state index in [-0.39, 0.29) is 5.97 Å². The highest BCUT2D eigenvalue weighted by atomic mass is 32.1. The number of ether oxygens (including phenoxy) is 1. The van der Waals surface area contributed by atoms with Gasteiger partial charge in [0.15, 0.2) is 4.96 Å². The second kappa shape index (κ2) is 6.60. The Morgan fingerprint density at radius 2 is 2.24 bits per heavy atom. The first-order chi connectivity index (χ1) is 10.3. The number of rotatable bonds is 5. The van der Waals surface area contributed by atoms with Crippen LogP contribution >= 0.6 is 11.3 Å². The van der Waals surface area contributed by atoms with Crippen molar-refractivity contribution in [2.45, 2.75) is 57.3 Å². The highest BCUT2D eigenvalue weighted by Gasteiger charge is 2.19. The first kappa shape index (κ1) is 14.6. The first-order valence-electron chi connectivity index (χ1n) is 7.80. The van der Waals surface area contributed by atoms with E-state index in [4.69, 9.17) is 4.98 Å². The molecule has 0 aromatic carbocycles. The molecule has 2 aromatic rings. The zero-order chi connectivity index (χ0) is 14.7. The van der Waals surface area contributed by atoms with Crippen LogP contribution in [0.25, 0.3) is 4.96 Å². The molecule has 2 aromatic heterocycles. The van der Waals surface area contributed by atoms with Gasteiger partial charge >= 0.3 is 5.97 Å². The smallest absolute Gasteiger partial charge is 0.305 e. The summed E-state index contributed by atoms with van der Waals surface area (Å²) in [5.74, 6) is 0.517. The predicted molar refractivity (Wildman–Crippen MR) is 83.8 cm³/mol. The van der Waals surface area contributed by atoms with Crippen LogP contribution in [0.1, 0.15) is 62.3 Å². The number of methoxy groups -OCH3 is 1. The number of hydrogen-bond acceptors (Lipinski definition) is 4. The third-order valence-corrected chi connectivity index (χ3v) is 5.26. The van der Waals surface area contributed by atoms with Gasteiger partial charge in [0.1, 0.15) is 0 Å². The van der Waals surface area contributed by atoms with E-state index in [1.807, 2.05) is 0 Å². The SMILES string of the molecule is COC(=O)CCCc1csc2nc(C3CCCCC3)cn12. The van der Waals surface area contributed by atoms with E-state index in [1.54, 1.807) is 11.3 Å². The van der Waals surface area contributed by atoms with Crippen molar-refractivity contribution in [2.75, 3.05) is 7.11 Å². The second-order valence-electron chi connectivity index (χ2n) is 5.81. The van der Waals surface area contributed by atoms with Gasteiger partial charge in [-0.2, -0.15) is 0 Å². The minimum Gasteiger partial charge on any atom is -0.469 e. The molecule has 0 spiro atoms. The van der Waals surface area contributed by atoms with Gasteiger partial charge in [-0.1, -0.05) is 19.3 Å². The van der Waals surface area contributed by atoms with Gasteiger partial charge < -0.3 is 4.74 Å². The van der Waals surface area contributed by atoms with Crippen molar-refractivity contribution >= 4 is 22.3 Å². The maximum absolute atomic E-state index is 11.2. The molecule has 0 amide bonds. The Morgan fingerprint density at radius 3 is 3.00 bits per heavy atom. The van der Waals surface area contributed by atoms with Gasteiger partial charge in [0, 0.05) is 29.6 Å². The lowest BCUT2D eigenvalue weighted by Gasteiger charge is -2.19. The standard InChI is InChI=1S/C16H22N2O2S/c1-20-15(19)9-5-8-13-11-21-16-17-14(10-18(13)16)12-6-3-2-4-7-12/h10-12H,2-9H2,1H3. The van der Waals surface area contributed by atoms with Crippen molar-refractivity contribution in [2.24, 2.45) is 0 Å². The average Bonchev–Trinajstić information content (AvgIpc) is 3.09. The molecule has 1 saturated carbocycles. The molecular weight excluding hydrogens is 284 g/mol. The lowest BCUT2D eigenvalue weighted by molar-refractivity contribution is -0.140. The lowest BCUT2D eigenvalue weighted by atomic mass is 9.87. The molecule has 2 heterocycles. The maximum Gasteiger partial charge on any atom is 0.305 e. The van der Waals surface area contributed by atoms with Crippen molar-refractivity contribution < 1.29 is 9.53 Å². The highest BCUT2D eigenvalue weighted by molar-refractivity contribution is 7.15. The third kappa shape index (κ3) is 3.28. The second-order valence-corrected chi connectivity index (χ2v) is 6.65. The molecule has 0 atom stereocenters. The highest BCUT2D eigenvalue weighted by Crippen LogP contribution is 2.33. The summed E-state index contributed by atoms with van der Waals surface area (Å²) in [5, 5.41) is 2.16. The summed E-state index contributed by atoms with van der Waals surface area (Å²) in [7, 11) is 1.44. The topological polar surface area (TPSA) is 43.6 Å². The van der Waals surface area contributed by atoms with Crippen LogP contribution in [0.4, 0.5) is 0 Å². The minimum atomic E-state index is -0.130. The van der Waals surface area contributed by atoms with Crippen molar-refractivity contribution in [3.63, 3.8) is 0 Å². The Balaban J connectivity index is 1.69. The molecule has 0 bridgehead atoms. The fourth-order valence-corrected chi connectivity index (χ4v) is 4.05. The molecule has 21 heavy (non-hydrogen) atoms. The fourth-order valence-electron chi connectivity index (χ4n) is 3.14. The Morgan fingerprint density at radius 1 is 1.43 bits per heavy atom. The molecular formula is C16H22N2O2S. The van der Waals surface area contributed by atoms with Crippen LogP contribution in [0, 0.1) is 0 Å². The van der Waals surface area contributed by atoms with Crippen molar-refractivity contribution in [1.29, 1.82) is 0 Å². The number of imidazole rings is 1. The summed E-state index contributed by atoms with van der Waals surface area (Å²) in [5.41, 5.74) is 2.52. The van der Waals surface area contributed by atoms with Crippen molar-refractivity contribution in [3.8, 4) is 0 Å². The molecule has 0 saturated heterocycles. The van der Waals surface area contributed by atoms with Crippen molar-refractivity contribution in [3.05, 3.63) is 23.0 Å². The summed E-state index contributed by atoms with van der Waals surface area (Å²) in [6.07, 6.45) is 11.0. The molecule has 114 valence electrons. The Labute approximate surface area is 129 Å². The zero-order valence-electron chi connectivity index (χ0n) is 12.5. The van der Waals surface area contributed by atoms with Gasteiger partial charge in [-0.05, 0) is 25.7 Å². The summed E-state index contributed by atoms with van der Waals surface area (Å²) in [4.78, 5) is 17.1. The van der Waals surface area contributed by atoms with Crippen LogP contribution < -0.4 is 0 Å². The first-order valence-corrected chi connectivity index (χ1v) is 8.68. The summed E-state index contributed by atoms with van der Waals surface area (Å²) < 4.78 is 6.90. The molecule has 0 aliphatic heterocycles. The largest absolute Gasteiger partial charge is 0.469 e. The molecule has 0 radical (unpaired) electrons. The van der Waals surface area contributed by atoms with E-state index in [1.165, 1.54) is 50.6 Å². The Hall–Kier alpha value is -1.36. The minimum absolute atomic E-state index is 0.130. The number of carbonyl (C=O) groups is 1. The van der Waals surface area contributed by atoms with E-state index in [2.05, 4.69) is 20.7 Å².